The number of carbonyl (C=O) groups is 1. The standard InChI is InChI=1S/C31H34FNO4/c1-21(2)18-28(34)36-30-29(35-17-16-22-8-6-5-7-9-22)26-19-25(14-15-27(26)37-31(30,3)4)33-20-23-10-12-24(32)13-11-23/h5-15,18-19,29-30,33H,16-17,20H2,1-4H3. The van der Waals surface area contributed by atoms with Gasteiger partial charge in [-0.3, -0.25) is 0 Å². The average molecular weight is 504 g/mol. The lowest BCUT2D eigenvalue weighted by Crippen LogP contribution is -2.51. The molecule has 3 aromatic rings. The first-order chi connectivity index (χ1) is 17.7. The highest BCUT2D eigenvalue weighted by Crippen LogP contribution is 2.44. The van der Waals surface area contributed by atoms with Crippen LogP contribution in [-0.2, 0) is 27.2 Å². The van der Waals surface area contributed by atoms with Gasteiger partial charge in [0.05, 0.1) is 6.61 Å². The second kappa shape index (κ2) is 11.6. The number of hydrogen-bond acceptors (Lipinski definition) is 5. The Hall–Kier alpha value is -3.64. The van der Waals surface area contributed by atoms with Crippen molar-refractivity contribution in [2.24, 2.45) is 0 Å². The highest BCUT2D eigenvalue weighted by molar-refractivity contribution is 5.83. The lowest BCUT2D eigenvalue weighted by Gasteiger charge is -2.43. The third kappa shape index (κ3) is 6.98. The maximum absolute atomic E-state index is 13.3. The minimum absolute atomic E-state index is 0.263. The van der Waals surface area contributed by atoms with Crippen molar-refractivity contribution in [2.75, 3.05) is 11.9 Å². The zero-order valence-corrected chi connectivity index (χ0v) is 21.8. The molecule has 0 amide bonds. The third-order valence-corrected chi connectivity index (χ3v) is 6.24. The molecule has 0 aromatic heterocycles. The van der Waals surface area contributed by atoms with Crippen molar-refractivity contribution in [2.45, 2.75) is 58.5 Å². The summed E-state index contributed by atoms with van der Waals surface area (Å²) in [5.74, 6) is 0.00502. The molecule has 0 fully saturated rings. The van der Waals surface area contributed by atoms with Crippen LogP contribution < -0.4 is 10.1 Å². The zero-order valence-electron chi connectivity index (χ0n) is 21.8. The van der Waals surface area contributed by atoms with Crippen LogP contribution >= 0.6 is 0 Å². The highest BCUT2D eigenvalue weighted by atomic mass is 19.1. The van der Waals surface area contributed by atoms with Gasteiger partial charge in [0, 0.05) is 23.9 Å². The number of rotatable bonds is 9. The van der Waals surface area contributed by atoms with Crippen LogP contribution in [0.4, 0.5) is 10.1 Å². The molecular weight excluding hydrogens is 469 g/mol. The van der Waals surface area contributed by atoms with Crippen LogP contribution in [0.25, 0.3) is 0 Å². The largest absolute Gasteiger partial charge is 0.483 e. The first kappa shape index (κ1) is 26.4. The van der Waals surface area contributed by atoms with Crippen molar-refractivity contribution in [1.29, 1.82) is 0 Å². The molecule has 6 heteroatoms. The molecule has 2 atom stereocenters. The van der Waals surface area contributed by atoms with E-state index in [9.17, 15) is 9.18 Å². The molecule has 194 valence electrons. The first-order valence-corrected chi connectivity index (χ1v) is 12.5. The van der Waals surface area contributed by atoms with Crippen LogP contribution in [0.1, 0.15) is 50.5 Å². The van der Waals surface area contributed by atoms with Gasteiger partial charge < -0.3 is 19.5 Å². The molecule has 1 aliphatic heterocycles. The van der Waals surface area contributed by atoms with Gasteiger partial charge in [0.1, 0.15) is 23.3 Å². The van der Waals surface area contributed by atoms with Crippen LogP contribution in [0.5, 0.6) is 5.75 Å². The predicted octanol–water partition coefficient (Wildman–Crippen LogP) is 6.79. The molecule has 2 unspecified atom stereocenters. The molecule has 0 aliphatic carbocycles. The lowest BCUT2D eigenvalue weighted by molar-refractivity contribution is -0.179. The Morgan fingerprint density at radius 3 is 2.46 bits per heavy atom. The van der Waals surface area contributed by atoms with Gasteiger partial charge in [-0.15, -0.1) is 0 Å². The van der Waals surface area contributed by atoms with Crippen LogP contribution in [0.2, 0.25) is 0 Å². The smallest absolute Gasteiger partial charge is 0.331 e. The Labute approximate surface area is 218 Å². The number of esters is 1. The molecular formula is C31H34FNO4. The van der Waals surface area contributed by atoms with E-state index >= 15 is 0 Å². The Bertz CT molecular complexity index is 1230. The van der Waals surface area contributed by atoms with E-state index in [0.717, 1.165) is 28.8 Å². The maximum atomic E-state index is 13.3. The number of nitrogens with one attached hydrogen (secondary N) is 1. The van der Waals surface area contributed by atoms with E-state index in [2.05, 4.69) is 17.4 Å². The van der Waals surface area contributed by atoms with Gasteiger partial charge in [-0.05, 0) is 75.6 Å². The molecule has 1 aliphatic rings. The van der Waals surface area contributed by atoms with Crippen LogP contribution in [0.15, 0.2) is 84.4 Å². The van der Waals surface area contributed by atoms with Crippen molar-refractivity contribution >= 4 is 11.7 Å². The fourth-order valence-electron chi connectivity index (χ4n) is 4.37. The second-order valence-corrected chi connectivity index (χ2v) is 10.0. The fourth-order valence-corrected chi connectivity index (χ4v) is 4.37. The van der Waals surface area contributed by atoms with Gasteiger partial charge in [-0.25, -0.2) is 9.18 Å². The van der Waals surface area contributed by atoms with Crippen molar-refractivity contribution in [3.8, 4) is 5.75 Å². The summed E-state index contributed by atoms with van der Waals surface area (Å²) in [7, 11) is 0. The number of allylic oxidation sites excluding steroid dienone is 1. The molecule has 0 bridgehead atoms. The number of carbonyl (C=O) groups excluding carboxylic acids is 1. The number of halogens is 1. The van der Waals surface area contributed by atoms with E-state index in [0.29, 0.717) is 18.9 Å². The van der Waals surface area contributed by atoms with Crippen LogP contribution in [0, 0.1) is 5.82 Å². The topological polar surface area (TPSA) is 56.8 Å². The SMILES string of the molecule is CC(C)=CC(=O)OC1C(OCCc2ccccc2)c2cc(NCc3ccc(F)cc3)ccc2OC1(C)C. The van der Waals surface area contributed by atoms with E-state index in [4.69, 9.17) is 14.2 Å². The minimum Gasteiger partial charge on any atom is -0.483 e. The monoisotopic (exact) mass is 503 g/mol. The van der Waals surface area contributed by atoms with Crippen molar-refractivity contribution in [1.82, 2.24) is 0 Å². The normalized spacial score (nSPS) is 17.8. The zero-order chi connectivity index (χ0) is 26.4. The number of fused-ring (bicyclic) bond motifs is 1. The second-order valence-electron chi connectivity index (χ2n) is 10.0. The van der Waals surface area contributed by atoms with E-state index in [1.807, 2.05) is 64.1 Å². The van der Waals surface area contributed by atoms with Gasteiger partial charge in [0.15, 0.2) is 6.10 Å². The van der Waals surface area contributed by atoms with Crippen molar-refractivity contribution in [3.63, 3.8) is 0 Å². The van der Waals surface area contributed by atoms with Gasteiger partial charge in [0.25, 0.3) is 0 Å². The molecule has 37 heavy (non-hydrogen) atoms. The van der Waals surface area contributed by atoms with E-state index in [-0.39, 0.29) is 5.82 Å². The summed E-state index contributed by atoms with van der Waals surface area (Å²) >= 11 is 0. The fraction of sp³-hybridized carbons (Fsp3) is 0.323. The maximum Gasteiger partial charge on any atom is 0.331 e. The first-order valence-electron chi connectivity index (χ1n) is 12.5. The summed E-state index contributed by atoms with van der Waals surface area (Å²) in [5, 5.41) is 3.38. The molecule has 1 heterocycles. The minimum atomic E-state index is -0.807. The Morgan fingerprint density at radius 1 is 1.03 bits per heavy atom. The number of hydrogen-bond donors (Lipinski definition) is 1. The van der Waals surface area contributed by atoms with Gasteiger partial charge >= 0.3 is 5.97 Å². The van der Waals surface area contributed by atoms with Gasteiger partial charge in [0.2, 0.25) is 0 Å². The van der Waals surface area contributed by atoms with Gasteiger partial charge in [-0.2, -0.15) is 0 Å². The lowest BCUT2D eigenvalue weighted by atomic mass is 9.87. The Morgan fingerprint density at radius 2 is 1.76 bits per heavy atom. The van der Waals surface area contributed by atoms with E-state index < -0.39 is 23.8 Å². The summed E-state index contributed by atoms with van der Waals surface area (Å²) in [4.78, 5) is 12.7. The molecule has 0 radical (unpaired) electrons. The number of anilines is 1. The molecule has 0 spiro atoms. The molecule has 0 saturated carbocycles. The summed E-state index contributed by atoms with van der Waals surface area (Å²) in [6.45, 7) is 8.51. The summed E-state index contributed by atoms with van der Waals surface area (Å²) in [6.07, 6.45) is 1.02. The van der Waals surface area contributed by atoms with E-state index in [1.54, 1.807) is 12.1 Å². The molecule has 0 saturated heterocycles. The predicted molar refractivity (Wildman–Crippen MR) is 143 cm³/mol. The van der Waals surface area contributed by atoms with Crippen molar-refractivity contribution in [3.05, 3.63) is 107 Å². The van der Waals surface area contributed by atoms with Crippen molar-refractivity contribution < 1.29 is 23.4 Å². The van der Waals surface area contributed by atoms with Crippen LogP contribution in [-0.4, -0.2) is 24.3 Å². The Kier molecular flexibility index (Phi) is 8.29. The Balaban J connectivity index is 1.60. The summed E-state index contributed by atoms with van der Waals surface area (Å²) in [6, 6.07) is 22.3. The number of benzene rings is 3. The van der Waals surface area contributed by atoms with E-state index in [1.165, 1.54) is 23.8 Å². The highest BCUT2D eigenvalue weighted by Gasteiger charge is 2.47. The van der Waals surface area contributed by atoms with Gasteiger partial charge in [-0.1, -0.05) is 48.0 Å². The quantitative estimate of drug-likeness (QED) is 0.257. The molecule has 4 rings (SSSR count). The van der Waals surface area contributed by atoms with Crippen LogP contribution in [0.3, 0.4) is 0 Å². The number of ether oxygens (including phenoxy) is 3. The molecule has 3 aromatic carbocycles. The molecule has 5 nitrogen and oxygen atoms in total. The summed E-state index contributed by atoms with van der Waals surface area (Å²) < 4.78 is 32.0. The summed E-state index contributed by atoms with van der Waals surface area (Å²) in [5.41, 5.74) is 3.85. The average Bonchev–Trinajstić information content (AvgIpc) is 2.85. The molecule has 1 N–H and O–H groups in total. The third-order valence-electron chi connectivity index (χ3n) is 6.24.